The molecule has 0 radical (unpaired) electrons. The molecule has 1 fully saturated rings. The van der Waals surface area contributed by atoms with E-state index in [9.17, 15) is 4.79 Å². The molecule has 0 saturated carbocycles. The first-order valence-electron chi connectivity index (χ1n) is 7.55. The molecule has 2 rings (SSSR count). The molecule has 1 aliphatic rings. The summed E-state index contributed by atoms with van der Waals surface area (Å²) in [5, 5.41) is 0. The Hall–Kier alpha value is -1.59. The van der Waals surface area contributed by atoms with Crippen LogP contribution >= 0.6 is 0 Å². The number of hydrogen-bond acceptors (Lipinski definition) is 4. The normalized spacial score (nSPS) is 19.6. The minimum atomic E-state index is -0.402. The average molecular weight is 302 g/mol. The van der Waals surface area contributed by atoms with E-state index >= 15 is 0 Å². The van der Waals surface area contributed by atoms with E-state index in [2.05, 4.69) is 0 Å². The van der Waals surface area contributed by atoms with Crippen LogP contribution in [-0.4, -0.2) is 30.9 Å². The van der Waals surface area contributed by atoms with Crippen molar-refractivity contribution in [2.75, 3.05) is 6.61 Å². The molecule has 0 bridgehead atoms. The summed E-state index contributed by atoms with van der Waals surface area (Å²) in [4.78, 5) is 11.4. The minimum Gasteiger partial charge on any atom is -0.463 e. The molecule has 1 aromatic rings. The predicted octanol–water partition coefficient (Wildman–Crippen LogP) is 2.56. The highest BCUT2D eigenvalue weighted by Gasteiger charge is 2.51. The van der Waals surface area contributed by atoms with E-state index in [1.807, 2.05) is 52.0 Å². The third-order valence-corrected chi connectivity index (χ3v) is 4.13. The SMILES string of the molecule is CCOC(=O)C=Cc1cccc(B2OC(C)(C)C(C)(C)O2)c1. The summed E-state index contributed by atoms with van der Waals surface area (Å²) in [6.07, 6.45) is 3.15. The maximum atomic E-state index is 11.4. The van der Waals surface area contributed by atoms with Gasteiger partial charge in [-0.05, 0) is 51.7 Å². The summed E-state index contributed by atoms with van der Waals surface area (Å²) < 4.78 is 16.9. The number of esters is 1. The Balaban J connectivity index is 2.15. The Morgan fingerprint density at radius 3 is 2.45 bits per heavy atom. The number of hydrogen-bond donors (Lipinski definition) is 0. The van der Waals surface area contributed by atoms with Gasteiger partial charge in [0.2, 0.25) is 0 Å². The topological polar surface area (TPSA) is 44.8 Å². The zero-order valence-corrected chi connectivity index (χ0v) is 13.9. The monoisotopic (exact) mass is 302 g/mol. The van der Waals surface area contributed by atoms with Crippen molar-refractivity contribution < 1.29 is 18.8 Å². The molecule has 1 aliphatic heterocycles. The van der Waals surface area contributed by atoms with Crippen LogP contribution in [0.1, 0.15) is 40.2 Å². The molecule has 22 heavy (non-hydrogen) atoms. The maximum Gasteiger partial charge on any atom is 0.494 e. The van der Waals surface area contributed by atoms with Crippen molar-refractivity contribution in [3.63, 3.8) is 0 Å². The lowest BCUT2D eigenvalue weighted by atomic mass is 9.78. The van der Waals surface area contributed by atoms with Crippen LogP contribution in [0.15, 0.2) is 30.3 Å². The third-order valence-electron chi connectivity index (χ3n) is 4.13. The van der Waals surface area contributed by atoms with Gasteiger partial charge in [-0.25, -0.2) is 4.79 Å². The first-order chi connectivity index (χ1) is 10.2. The van der Waals surface area contributed by atoms with E-state index in [1.165, 1.54) is 6.08 Å². The smallest absolute Gasteiger partial charge is 0.463 e. The largest absolute Gasteiger partial charge is 0.494 e. The van der Waals surface area contributed by atoms with Crippen LogP contribution in [-0.2, 0) is 18.8 Å². The zero-order valence-electron chi connectivity index (χ0n) is 13.9. The minimum absolute atomic E-state index is 0.344. The molecule has 1 heterocycles. The summed E-state index contributed by atoms with van der Waals surface area (Å²) >= 11 is 0. The second-order valence-electron chi connectivity index (χ2n) is 6.34. The van der Waals surface area contributed by atoms with Crippen LogP contribution in [0.4, 0.5) is 0 Å². The molecule has 0 unspecified atom stereocenters. The van der Waals surface area contributed by atoms with E-state index in [-0.39, 0.29) is 17.2 Å². The molecule has 0 N–H and O–H groups in total. The predicted molar refractivity (Wildman–Crippen MR) is 87.8 cm³/mol. The molecule has 1 saturated heterocycles. The van der Waals surface area contributed by atoms with Gasteiger partial charge in [0, 0.05) is 6.08 Å². The molecular formula is C17H23BO4. The number of rotatable bonds is 4. The molecule has 0 aromatic heterocycles. The van der Waals surface area contributed by atoms with Gasteiger partial charge < -0.3 is 14.0 Å². The number of carbonyl (C=O) groups excluding carboxylic acids is 1. The van der Waals surface area contributed by atoms with E-state index in [1.54, 1.807) is 13.0 Å². The Kier molecular flexibility index (Phi) is 4.78. The molecule has 0 atom stereocenters. The van der Waals surface area contributed by atoms with E-state index in [4.69, 9.17) is 14.0 Å². The van der Waals surface area contributed by atoms with Crippen LogP contribution < -0.4 is 5.46 Å². The van der Waals surface area contributed by atoms with Crippen molar-refractivity contribution in [2.45, 2.75) is 45.8 Å². The Labute approximate surface area is 132 Å². The van der Waals surface area contributed by atoms with Gasteiger partial charge in [0.25, 0.3) is 0 Å². The van der Waals surface area contributed by atoms with Gasteiger partial charge in [0.15, 0.2) is 0 Å². The second kappa shape index (κ2) is 6.27. The molecular weight excluding hydrogens is 279 g/mol. The zero-order chi connectivity index (χ0) is 16.4. The van der Waals surface area contributed by atoms with Gasteiger partial charge in [-0.2, -0.15) is 0 Å². The van der Waals surface area contributed by atoms with Gasteiger partial charge >= 0.3 is 13.1 Å². The van der Waals surface area contributed by atoms with Gasteiger partial charge in [-0.15, -0.1) is 0 Å². The van der Waals surface area contributed by atoms with E-state index in [0.717, 1.165) is 11.0 Å². The lowest BCUT2D eigenvalue weighted by Gasteiger charge is -2.32. The molecule has 0 aliphatic carbocycles. The summed E-state index contributed by atoms with van der Waals surface area (Å²) in [5.74, 6) is -0.344. The average Bonchev–Trinajstić information content (AvgIpc) is 2.66. The van der Waals surface area contributed by atoms with Gasteiger partial charge in [-0.1, -0.05) is 24.3 Å². The van der Waals surface area contributed by atoms with Crippen LogP contribution in [0.3, 0.4) is 0 Å². The Morgan fingerprint density at radius 1 is 1.23 bits per heavy atom. The number of benzene rings is 1. The Morgan fingerprint density at radius 2 is 1.86 bits per heavy atom. The van der Waals surface area contributed by atoms with Crippen molar-refractivity contribution >= 4 is 24.6 Å². The van der Waals surface area contributed by atoms with Crippen molar-refractivity contribution in [3.8, 4) is 0 Å². The van der Waals surface area contributed by atoms with Crippen LogP contribution in [0.2, 0.25) is 0 Å². The first kappa shape index (κ1) is 16.8. The molecule has 0 amide bonds. The maximum absolute atomic E-state index is 11.4. The molecule has 118 valence electrons. The van der Waals surface area contributed by atoms with Gasteiger partial charge in [0.05, 0.1) is 17.8 Å². The lowest BCUT2D eigenvalue weighted by molar-refractivity contribution is -0.137. The van der Waals surface area contributed by atoms with Crippen molar-refractivity contribution in [3.05, 3.63) is 35.9 Å². The standard InChI is InChI=1S/C17H23BO4/c1-6-20-15(19)11-10-13-8-7-9-14(12-13)18-21-16(2,3)17(4,5)22-18/h7-12H,6H2,1-5H3. The fourth-order valence-electron chi connectivity index (χ4n) is 2.14. The van der Waals surface area contributed by atoms with Gasteiger partial charge in [0.1, 0.15) is 0 Å². The molecule has 1 aromatic carbocycles. The summed E-state index contributed by atoms with van der Waals surface area (Å²) in [6, 6.07) is 7.76. The fourth-order valence-corrected chi connectivity index (χ4v) is 2.14. The van der Waals surface area contributed by atoms with Crippen molar-refractivity contribution in [2.24, 2.45) is 0 Å². The summed E-state index contributed by atoms with van der Waals surface area (Å²) in [7, 11) is -0.402. The highest BCUT2D eigenvalue weighted by Crippen LogP contribution is 2.36. The van der Waals surface area contributed by atoms with E-state index in [0.29, 0.717) is 6.61 Å². The molecule has 4 nitrogen and oxygen atoms in total. The lowest BCUT2D eigenvalue weighted by Crippen LogP contribution is -2.41. The summed E-state index contributed by atoms with van der Waals surface area (Å²) in [6.45, 7) is 10.3. The Bertz CT molecular complexity index is 562. The van der Waals surface area contributed by atoms with Crippen molar-refractivity contribution in [1.29, 1.82) is 0 Å². The first-order valence-corrected chi connectivity index (χ1v) is 7.55. The number of ether oxygens (including phenoxy) is 1. The summed E-state index contributed by atoms with van der Waals surface area (Å²) in [5.41, 5.74) is 1.10. The quantitative estimate of drug-likeness (QED) is 0.487. The van der Waals surface area contributed by atoms with Crippen LogP contribution in [0, 0.1) is 0 Å². The van der Waals surface area contributed by atoms with Gasteiger partial charge in [-0.3, -0.25) is 0 Å². The molecule has 0 spiro atoms. The fraction of sp³-hybridized carbons (Fsp3) is 0.471. The number of carbonyl (C=O) groups is 1. The van der Waals surface area contributed by atoms with E-state index < -0.39 is 7.12 Å². The van der Waals surface area contributed by atoms with Crippen LogP contribution in [0.25, 0.3) is 6.08 Å². The highest BCUT2D eigenvalue weighted by atomic mass is 16.7. The van der Waals surface area contributed by atoms with Crippen molar-refractivity contribution in [1.82, 2.24) is 0 Å². The van der Waals surface area contributed by atoms with Crippen LogP contribution in [0.5, 0.6) is 0 Å². The second-order valence-corrected chi connectivity index (χ2v) is 6.34. The molecule has 5 heteroatoms. The highest BCUT2D eigenvalue weighted by molar-refractivity contribution is 6.62. The third kappa shape index (κ3) is 3.59.